The van der Waals surface area contributed by atoms with Gasteiger partial charge in [0, 0.05) is 11.4 Å². The lowest BCUT2D eigenvalue weighted by Crippen LogP contribution is -2.36. The maximum Gasteiger partial charge on any atom is 0.294 e. The predicted octanol–water partition coefficient (Wildman–Crippen LogP) is 5.61. The van der Waals surface area contributed by atoms with Gasteiger partial charge in [0.15, 0.2) is 6.61 Å². The van der Waals surface area contributed by atoms with Crippen LogP contribution in [-0.2, 0) is 14.4 Å². The summed E-state index contributed by atoms with van der Waals surface area (Å²) in [6.07, 6.45) is 1.59. The number of nitrogens with zero attached hydrogens (tertiary/aromatic N) is 1. The zero-order valence-corrected chi connectivity index (χ0v) is 23.0. The highest BCUT2D eigenvalue weighted by molar-refractivity contribution is 8.18. The molecule has 1 saturated heterocycles. The molecule has 4 amide bonds. The minimum atomic E-state index is -0.522. The maximum absolute atomic E-state index is 12.9. The molecule has 0 aliphatic carbocycles. The summed E-state index contributed by atoms with van der Waals surface area (Å²) in [7, 11) is 0. The van der Waals surface area contributed by atoms with Gasteiger partial charge in [-0.1, -0.05) is 48.0 Å². The molecule has 0 atom stereocenters. The number of imide groups is 1. The van der Waals surface area contributed by atoms with Crippen LogP contribution in [0, 0.1) is 27.7 Å². The van der Waals surface area contributed by atoms with E-state index >= 15 is 0 Å². The van der Waals surface area contributed by atoms with Crippen LogP contribution in [0.4, 0.5) is 16.2 Å². The Labute approximate surface area is 231 Å². The van der Waals surface area contributed by atoms with Crippen LogP contribution >= 0.6 is 11.8 Å². The number of thioether (sulfide) groups is 1. The summed E-state index contributed by atoms with van der Waals surface area (Å²) in [6.45, 7) is 7.16. The Morgan fingerprint density at radius 3 is 2.21 bits per heavy atom. The lowest BCUT2D eigenvalue weighted by Gasteiger charge is -2.15. The number of benzene rings is 3. The minimum absolute atomic E-state index is 0.156. The Kier molecular flexibility index (Phi) is 8.51. The van der Waals surface area contributed by atoms with Gasteiger partial charge in [0.25, 0.3) is 17.1 Å². The molecule has 0 radical (unpaired) electrons. The van der Waals surface area contributed by atoms with Gasteiger partial charge in [-0.2, -0.15) is 0 Å². The van der Waals surface area contributed by atoms with E-state index in [4.69, 9.17) is 4.74 Å². The molecule has 9 heteroatoms. The molecule has 1 aliphatic heterocycles. The number of hydrogen-bond donors (Lipinski definition) is 2. The summed E-state index contributed by atoms with van der Waals surface area (Å²) in [6, 6.07) is 18.2. The largest absolute Gasteiger partial charge is 0.484 e. The number of rotatable bonds is 8. The van der Waals surface area contributed by atoms with Crippen molar-refractivity contribution >= 4 is 52.2 Å². The fourth-order valence-corrected chi connectivity index (χ4v) is 5.03. The molecule has 0 saturated carbocycles. The third-order valence-corrected chi connectivity index (χ3v) is 6.99. The van der Waals surface area contributed by atoms with E-state index in [0.717, 1.165) is 44.6 Å². The number of ether oxygens (including phenoxy) is 1. The van der Waals surface area contributed by atoms with Gasteiger partial charge in [0.1, 0.15) is 12.3 Å². The summed E-state index contributed by atoms with van der Waals surface area (Å²) in [5, 5.41) is 5.13. The summed E-state index contributed by atoms with van der Waals surface area (Å²) in [4.78, 5) is 51.4. The molecule has 2 N–H and O–H groups in total. The summed E-state index contributed by atoms with van der Waals surface area (Å²) >= 11 is 0.788. The van der Waals surface area contributed by atoms with Crippen LogP contribution in [0.15, 0.2) is 65.6 Å². The van der Waals surface area contributed by atoms with Crippen LogP contribution in [0.5, 0.6) is 5.75 Å². The van der Waals surface area contributed by atoms with Crippen molar-refractivity contribution in [3.63, 3.8) is 0 Å². The highest BCUT2D eigenvalue weighted by Gasteiger charge is 2.36. The van der Waals surface area contributed by atoms with Crippen molar-refractivity contribution in [2.24, 2.45) is 0 Å². The zero-order chi connectivity index (χ0) is 28.1. The molecule has 0 bridgehead atoms. The first-order valence-electron chi connectivity index (χ1n) is 12.3. The normalized spacial score (nSPS) is 14.1. The minimum Gasteiger partial charge on any atom is -0.484 e. The third-order valence-electron chi connectivity index (χ3n) is 6.08. The van der Waals surface area contributed by atoms with Gasteiger partial charge in [0.2, 0.25) is 5.91 Å². The number of carbonyl (C=O) groups excluding carboxylic acids is 4. The topological polar surface area (TPSA) is 105 Å². The van der Waals surface area contributed by atoms with E-state index in [1.807, 2.05) is 64.1 Å². The first-order chi connectivity index (χ1) is 18.6. The van der Waals surface area contributed by atoms with Crippen molar-refractivity contribution in [2.45, 2.75) is 27.7 Å². The molecule has 0 spiro atoms. The third kappa shape index (κ3) is 6.94. The molecule has 200 valence electrons. The Morgan fingerprint density at radius 1 is 0.872 bits per heavy atom. The molecule has 0 aromatic heterocycles. The van der Waals surface area contributed by atoms with E-state index in [2.05, 4.69) is 10.6 Å². The second-order valence-electron chi connectivity index (χ2n) is 9.31. The van der Waals surface area contributed by atoms with Crippen LogP contribution in [0.1, 0.15) is 27.8 Å². The highest BCUT2D eigenvalue weighted by Crippen LogP contribution is 2.32. The Bertz CT molecular complexity index is 1460. The van der Waals surface area contributed by atoms with Crippen molar-refractivity contribution in [1.29, 1.82) is 0 Å². The fourth-order valence-electron chi connectivity index (χ4n) is 4.20. The van der Waals surface area contributed by atoms with Crippen molar-refractivity contribution in [1.82, 2.24) is 4.90 Å². The lowest BCUT2D eigenvalue weighted by atomic mass is 10.1. The van der Waals surface area contributed by atoms with Crippen LogP contribution in [0.25, 0.3) is 6.08 Å². The molecule has 8 nitrogen and oxygen atoms in total. The quantitative estimate of drug-likeness (QED) is 0.358. The van der Waals surface area contributed by atoms with Crippen molar-refractivity contribution in [3.8, 4) is 5.75 Å². The van der Waals surface area contributed by atoms with E-state index < -0.39 is 17.1 Å². The van der Waals surface area contributed by atoms with E-state index in [9.17, 15) is 19.2 Å². The summed E-state index contributed by atoms with van der Waals surface area (Å²) in [5.41, 5.74) is 5.95. The van der Waals surface area contributed by atoms with Gasteiger partial charge in [-0.25, -0.2) is 0 Å². The monoisotopic (exact) mass is 543 g/mol. The van der Waals surface area contributed by atoms with Crippen molar-refractivity contribution in [2.75, 3.05) is 23.8 Å². The number of para-hydroxylation sites is 1. The van der Waals surface area contributed by atoms with E-state index in [1.165, 1.54) is 0 Å². The number of amides is 4. The molecule has 4 rings (SSSR count). The molecule has 39 heavy (non-hydrogen) atoms. The average Bonchev–Trinajstić information content (AvgIpc) is 3.14. The predicted molar refractivity (Wildman–Crippen MR) is 154 cm³/mol. The molecule has 1 fully saturated rings. The second-order valence-corrected chi connectivity index (χ2v) is 10.3. The van der Waals surface area contributed by atoms with E-state index in [0.29, 0.717) is 17.0 Å². The van der Waals surface area contributed by atoms with Crippen molar-refractivity contribution < 1.29 is 23.9 Å². The standard InChI is InChI=1S/C30H29N3O5S/c1-18-13-20(3)28(21(4)14-18)32-26(34)16-33-29(36)25(39-30(33)37)15-22-9-11-23(12-10-22)38-17-27(35)31-24-8-6-5-7-19(24)2/h5-15H,16-17H2,1-4H3,(H,31,35)(H,32,34)/b25-15-. The smallest absolute Gasteiger partial charge is 0.294 e. The average molecular weight is 544 g/mol. The van der Waals surface area contributed by atoms with Gasteiger partial charge in [-0.05, 0) is 86.0 Å². The van der Waals surface area contributed by atoms with Gasteiger partial charge >= 0.3 is 0 Å². The number of anilines is 2. The van der Waals surface area contributed by atoms with Gasteiger partial charge in [-0.15, -0.1) is 0 Å². The fraction of sp³-hybridized carbons (Fsp3) is 0.200. The van der Waals surface area contributed by atoms with Gasteiger partial charge in [0.05, 0.1) is 4.91 Å². The summed E-state index contributed by atoms with van der Waals surface area (Å²) < 4.78 is 5.56. The Morgan fingerprint density at radius 2 is 1.54 bits per heavy atom. The first kappa shape index (κ1) is 27.7. The number of carbonyl (C=O) groups is 4. The van der Waals surface area contributed by atoms with Crippen molar-refractivity contribution in [3.05, 3.63) is 93.4 Å². The Balaban J connectivity index is 1.33. The van der Waals surface area contributed by atoms with Crippen LogP contribution in [-0.4, -0.2) is 41.0 Å². The number of aryl methyl sites for hydroxylation is 4. The van der Waals surface area contributed by atoms with E-state index in [-0.39, 0.29) is 24.0 Å². The first-order valence-corrected chi connectivity index (χ1v) is 13.1. The number of hydrogen-bond acceptors (Lipinski definition) is 6. The van der Waals surface area contributed by atoms with Crippen LogP contribution in [0.2, 0.25) is 0 Å². The molecule has 0 unspecified atom stereocenters. The summed E-state index contributed by atoms with van der Waals surface area (Å²) in [5.74, 6) is -0.760. The van der Waals surface area contributed by atoms with Crippen LogP contribution in [0.3, 0.4) is 0 Å². The Hall–Kier alpha value is -4.37. The van der Waals surface area contributed by atoms with Gasteiger partial charge in [-0.3, -0.25) is 24.1 Å². The van der Waals surface area contributed by atoms with Gasteiger partial charge < -0.3 is 15.4 Å². The molecular weight excluding hydrogens is 514 g/mol. The maximum atomic E-state index is 12.9. The highest BCUT2D eigenvalue weighted by atomic mass is 32.2. The SMILES string of the molecule is Cc1cc(C)c(NC(=O)CN2C(=O)S/C(=C\c3ccc(OCC(=O)Nc4ccccc4C)cc3)C2=O)c(C)c1. The van der Waals surface area contributed by atoms with E-state index in [1.54, 1.807) is 30.3 Å². The zero-order valence-electron chi connectivity index (χ0n) is 22.2. The second kappa shape index (κ2) is 12.0. The molecule has 3 aromatic carbocycles. The lowest BCUT2D eigenvalue weighted by molar-refractivity contribution is -0.127. The molecule has 1 heterocycles. The molecular formula is C30H29N3O5S. The molecule has 1 aliphatic rings. The number of nitrogens with one attached hydrogen (secondary N) is 2. The van der Waals surface area contributed by atoms with Crippen LogP contribution < -0.4 is 15.4 Å². The molecule has 3 aromatic rings.